The van der Waals surface area contributed by atoms with Gasteiger partial charge in [-0.25, -0.2) is 13.1 Å². The van der Waals surface area contributed by atoms with Gasteiger partial charge in [0.15, 0.2) is 0 Å². The zero-order valence-electron chi connectivity index (χ0n) is 9.09. The van der Waals surface area contributed by atoms with Crippen LogP contribution in [0.25, 0.3) is 0 Å². The Morgan fingerprint density at radius 1 is 1.53 bits per heavy atom. The summed E-state index contributed by atoms with van der Waals surface area (Å²) in [5, 5.41) is 3.16. The van der Waals surface area contributed by atoms with Gasteiger partial charge in [0.25, 0.3) is 0 Å². The molecule has 1 aromatic rings. The van der Waals surface area contributed by atoms with E-state index in [1.807, 2.05) is 6.92 Å². The quantitative estimate of drug-likeness (QED) is 0.813. The maximum atomic E-state index is 12.2. The summed E-state index contributed by atoms with van der Waals surface area (Å²) in [7, 11) is -3.47. The molecule has 0 radical (unpaired) electrons. The molecule has 1 saturated heterocycles. The number of nitrogens with one attached hydrogen (secondary N) is 2. The van der Waals surface area contributed by atoms with E-state index in [-0.39, 0.29) is 0 Å². The summed E-state index contributed by atoms with van der Waals surface area (Å²) < 4.78 is 28.7. The first-order chi connectivity index (χ1) is 7.82. The molecule has 1 aromatic heterocycles. The third-order valence-corrected chi connectivity index (χ3v) is 7.06. The van der Waals surface area contributed by atoms with E-state index in [0.29, 0.717) is 15.2 Å². The van der Waals surface area contributed by atoms with Crippen LogP contribution >= 0.6 is 43.2 Å². The maximum Gasteiger partial charge on any atom is 0.243 e. The summed E-state index contributed by atoms with van der Waals surface area (Å²) >= 11 is 7.91. The molecule has 4 nitrogen and oxygen atoms in total. The number of hydrogen-bond acceptors (Lipinski definition) is 4. The van der Waals surface area contributed by atoms with Gasteiger partial charge in [0, 0.05) is 12.1 Å². The second-order valence-electron chi connectivity index (χ2n) is 4.28. The minimum Gasteiger partial charge on any atom is -0.315 e. The van der Waals surface area contributed by atoms with Crippen molar-refractivity contribution >= 4 is 53.2 Å². The lowest BCUT2D eigenvalue weighted by atomic mass is 10.0. The zero-order chi connectivity index (χ0) is 12.7. The second kappa shape index (κ2) is 4.90. The summed E-state index contributed by atoms with van der Waals surface area (Å²) in [6.07, 6.45) is 0.801. The first kappa shape index (κ1) is 14.0. The minimum absolute atomic E-state index is 0.294. The third-order valence-electron chi connectivity index (χ3n) is 2.66. The van der Waals surface area contributed by atoms with Crippen molar-refractivity contribution in [3.8, 4) is 0 Å². The van der Waals surface area contributed by atoms with Crippen LogP contribution in [0.5, 0.6) is 0 Å². The Labute approximate surface area is 121 Å². The van der Waals surface area contributed by atoms with Gasteiger partial charge in [0.05, 0.1) is 7.57 Å². The summed E-state index contributed by atoms with van der Waals surface area (Å²) in [5.74, 6) is 0. The highest BCUT2D eigenvalue weighted by molar-refractivity contribution is 9.12. The fourth-order valence-electron chi connectivity index (χ4n) is 1.79. The SMILES string of the molecule is CC1(NS(=O)(=O)c2cc(Br)sc2Br)CCNC1. The highest BCUT2D eigenvalue weighted by Crippen LogP contribution is 2.35. The summed E-state index contributed by atoms with van der Waals surface area (Å²) in [4.78, 5) is 0.294. The molecule has 17 heavy (non-hydrogen) atoms. The van der Waals surface area contributed by atoms with Gasteiger partial charge in [-0.1, -0.05) is 0 Å². The van der Waals surface area contributed by atoms with Crippen molar-refractivity contribution in [2.24, 2.45) is 0 Å². The largest absolute Gasteiger partial charge is 0.315 e. The van der Waals surface area contributed by atoms with Crippen LogP contribution in [0.2, 0.25) is 0 Å². The van der Waals surface area contributed by atoms with Crippen LogP contribution in [-0.4, -0.2) is 27.0 Å². The highest BCUT2D eigenvalue weighted by atomic mass is 79.9. The Hall–Kier alpha value is 0.530. The van der Waals surface area contributed by atoms with Crippen molar-refractivity contribution in [2.45, 2.75) is 23.8 Å². The van der Waals surface area contributed by atoms with Crippen LogP contribution in [0.1, 0.15) is 13.3 Å². The van der Waals surface area contributed by atoms with E-state index in [4.69, 9.17) is 0 Å². The molecule has 0 spiro atoms. The van der Waals surface area contributed by atoms with Crippen molar-refractivity contribution in [1.82, 2.24) is 10.0 Å². The molecule has 0 amide bonds. The molecule has 0 saturated carbocycles. The Balaban J connectivity index is 2.28. The minimum atomic E-state index is -3.47. The predicted molar refractivity (Wildman–Crippen MR) is 75.9 cm³/mol. The van der Waals surface area contributed by atoms with E-state index >= 15 is 0 Å². The first-order valence-corrected chi connectivity index (χ1v) is 8.91. The van der Waals surface area contributed by atoms with Crippen molar-refractivity contribution in [3.63, 3.8) is 0 Å². The monoisotopic (exact) mass is 402 g/mol. The normalized spacial score (nSPS) is 25.4. The van der Waals surface area contributed by atoms with E-state index in [1.165, 1.54) is 11.3 Å². The lowest BCUT2D eigenvalue weighted by molar-refractivity contribution is 0.452. The standard InChI is InChI=1S/C9H12Br2N2O2S2/c1-9(2-3-12-5-9)13-17(14,15)6-4-7(10)16-8(6)11/h4,12-13H,2-3,5H2,1H3. The molecule has 1 atom stereocenters. The fraction of sp³-hybridized carbons (Fsp3) is 0.556. The highest BCUT2D eigenvalue weighted by Gasteiger charge is 2.34. The van der Waals surface area contributed by atoms with Crippen LogP contribution in [0.3, 0.4) is 0 Å². The topological polar surface area (TPSA) is 58.2 Å². The van der Waals surface area contributed by atoms with Crippen molar-refractivity contribution < 1.29 is 8.42 Å². The van der Waals surface area contributed by atoms with Crippen molar-refractivity contribution in [1.29, 1.82) is 0 Å². The van der Waals surface area contributed by atoms with Crippen molar-refractivity contribution in [3.05, 3.63) is 13.6 Å². The molecule has 0 bridgehead atoms. The fourth-order valence-corrected chi connectivity index (χ4v) is 7.04. The van der Waals surface area contributed by atoms with E-state index in [0.717, 1.165) is 16.8 Å². The summed E-state index contributed by atoms with van der Waals surface area (Å²) in [6.45, 7) is 3.42. The maximum absolute atomic E-state index is 12.2. The molecular weight excluding hydrogens is 392 g/mol. The molecule has 8 heteroatoms. The van der Waals surface area contributed by atoms with E-state index < -0.39 is 15.6 Å². The Kier molecular flexibility index (Phi) is 4.02. The van der Waals surface area contributed by atoms with Gasteiger partial charge < -0.3 is 5.32 Å². The zero-order valence-corrected chi connectivity index (χ0v) is 13.9. The van der Waals surface area contributed by atoms with Crippen LogP contribution in [0, 0.1) is 0 Å². The molecule has 0 aliphatic carbocycles. The average Bonchev–Trinajstić information content (AvgIpc) is 2.72. The molecule has 0 aromatic carbocycles. The number of rotatable bonds is 3. The lowest BCUT2D eigenvalue weighted by Gasteiger charge is -2.23. The summed E-state index contributed by atoms with van der Waals surface area (Å²) in [5.41, 5.74) is -0.396. The molecule has 1 aliphatic heterocycles. The van der Waals surface area contributed by atoms with Gasteiger partial charge in [0.1, 0.15) is 4.90 Å². The molecule has 1 aliphatic rings. The average molecular weight is 404 g/mol. The summed E-state index contributed by atoms with van der Waals surface area (Å²) in [6, 6.07) is 1.61. The van der Waals surface area contributed by atoms with Crippen LogP contribution < -0.4 is 10.0 Å². The van der Waals surface area contributed by atoms with Gasteiger partial charge in [-0.3, -0.25) is 0 Å². The molecule has 2 rings (SSSR count). The molecular formula is C9H12Br2N2O2S2. The Morgan fingerprint density at radius 2 is 2.24 bits per heavy atom. The number of sulfonamides is 1. The lowest BCUT2D eigenvalue weighted by Crippen LogP contribution is -2.47. The number of thiophene rings is 1. The molecule has 1 fully saturated rings. The predicted octanol–water partition coefficient (Wildman–Crippen LogP) is 2.30. The van der Waals surface area contributed by atoms with E-state index in [9.17, 15) is 8.42 Å². The van der Waals surface area contributed by atoms with Gasteiger partial charge in [0.2, 0.25) is 10.0 Å². The molecule has 1 unspecified atom stereocenters. The van der Waals surface area contributed by atoms with Gasteiger partial charge in [-0.2, -0.15) is 0 Å². The Bertz CT molecular complexity index is 521. The second-order valence-corrected chi connectivity index (χ2v) is 9.68. The van der Waals surface area contributed by atoms with Gasteiger partial charge >= 0.3 is 0 Å². The third kappa shape index (κ3) is 3.10. The molecule has 2 N–H and O–H groups in total. The molecule has 2 heterocycles. The first-order valence-electron chi connectivity index (χ1n) is 5.02. The van der Waals surface area contributed by atoms with E-state index in [2.05, 4.69) is 41.9 Å². The van der Waals surface area contributed by atoms with Crippen molar-refractivity contribution in [2.75, 3.05) is 13.1 Å². The van der Waals surface area contributed by atoms with Gasteiger partial charge in [-0.15, -0.1) is 11.3 Å². The smallest absolute Gasteiger partial charge is 0.243 e. The Morgan fingerprint density at radius 3 is 2.71 bits per heavy atom. The van der Waals surface area contributed by atoms with Crippen LogP contribution in [0.15, 0.2) is 18.5 Å². The number of halogens is 2. The molecule has 96 valence electrons. The van der Waals surface area contributed by atoms with Crippen LogP contribution in [-0.2, 0) is 10.0 Å². The van der Waals surface area contributed by atoms with E-state index in [1.54, 1.807) is 6.07 Å². The van der Waals surface area contributed by atoms with Crippen LogP contribution in [0.4, 0.5) is 0 Å². The van der Waals surface area contributed by atoms with Gasteiger partial charge in [-0.05, 0) is 57.8 Å². The number of hydrogen-bond donors (Lipinski definition) is 2.